The van der Waals surface area contributed by atoms with Crippen molar-refractivity contribution >= 4 is 5.91 Å². The summed E-state index contributed by atoms with van der Waals surface area (Å²) in [6, 6.07) is 8.50. The van der Waals surface area contributed by atoms with Gasteiger partial charge in [-0.3, -0.25) is 4.79 Å². The Morgan fingerprint density at radius 1 is 1.38 bits per heavy atom. The summed E-state index contributed by atoms with van der Waals surface area (Å²) < 4.78 is 5.96. The van der Waals surface area contributed by atoms with Crippen LogP contribution in [0.4, 0.5) is 0 Å². The summed E-state index contributed by atoms with van der Waals surface area (Å²) in [4.78, 5) is 11.7. The minimum atomic E-state index is 0.0914. The fourth-order valence-corrected chi connectivity index (χ4v) is 2.77. The van der Waals surface area contributed by atoms with Gasteiger partial charge < -0.3 is 15.8 Å². The molecule has 0 bridgehead atoms. The highest BCUT2D eigenvalue weighted by atomic mass is 16.5. The lowest BCUT2D eigenvalue weighted by molar-refractivity contribution is -0.122. The Bertz CT molecular complexity index is 445. The monoisotopic (exact) mass is 290 g/mol. The number of benzene rings is 1. The van der Waals surface area contributed by atoms with Crippen LogP contribution in [-0.2, 0) is 9.53 Å². The molecule has 1 aromatic rings. The van der Waals surface area contributed by atoms with Gasteiger partial charge in [0.2, 0.25) is 5.91 Å². The normalized spacial score (nSPS) is 22.0. The lowest BCUT2D eigenvalue weighted by Crippen LogP contribution is -2.35. The molecule has 0 spiro atoms. The molecule has 2 atom stereocenters. The molecule has 0 saturated carbocycles. The van der Waals surface area contributed by atoms with E-state index in [4.69, 9.17) is 10.5 Å². The van der Waals surface area contributed by atoms with E-state index in [1.54, 1.807) is 0 Å². The number of rotatable bonds is 6. The molecular weight excluding hydrogens is 264 g/mol. The summed E-state index contributed by atoms with van der Waals surface area (Å²) in [6.45, 7) is 4.13. The second kappa shape index (κ2) is 8.15. The molecular formula is C17H26N2O2. The first-order chi connectivity index (χ1) is 10.2. The molecule has 116 valence electrons. The van der Waals surface area contributed by atoms with Crippen LogP contribution in [0, 0.1) is 12.8 Å². The van der Waals surface area contributed by atoms with Crippen LogP contribution in [0.25, 0.3) is 0 Å². The lowest BCUT2D eigenvalue weighted by Gasteiger charge is -2.32. The molecule has 1 heterocycles. The first-order valence-corrected chi connectivity index (χ1v) is 7.85. The molecule has 4 heteroatoms. The standard InChI is InChI=1S/C17H26N2O2/c1-13-6-8-14(9-7-13)17-15(4-3-11-21-17)12-19-16(20)5-2-10-18/h6-9,15,17H,2-5,10-12,18H2,1H3,(H,19,20). The van der Waals surface area contributed by atoms with Gasteiger partial charge >= 0.3 is 0 Å². The van der Waals surface area contributed by atoms with Crippen molar-refractivity contribution in [2.75, 3.05) is 19.7 Å². The van der Waals surface area contributed by atoms with Crippen LogP contribution in [-0.4, -0.2) is 25.6 Å². The van der Waals surface area contributed by atoms with Gasteiger partial charge in [-0.05, 0) is 38.3 Å². The first kappa shape index (κ1) is 16.0. The summed E-state index contributed by atoms with van der Waals surface area (Å²) in [6.07, 6.45) is 3.50. The Hall–Kier alpha value is -1.39. The Labute approximate surface area is 127 Å². The SMILES string of the molecule is Cc1ccc(C2OCCCC2CNC(=O)CCCN)cc1. The summed E-state index contributed by atoms with van der Waals surface area (Å²) in [7, 11) is 0. The maximum atomic E-state index is 11.7. The van der Waals surface area contributed by atoms with Crippen molar-refractivity contribution in [2.45, 2.75) is 38.7 Å². The van der Waals surface area contributed by atoms with E-state index in [-0.39, 0.29) is 12.0 Å². The first-order valence-electron chi connectivity index (χ1n) is 7.85. The molecule has 1 fully saturated rings. The van der Waals surface area contributed by atoms with Gasteiger partial charge in [0.25, 0.3) is 0 Å². The molecule has 3 N–H and O–H groups in total. The predicted molar refractivity (Wildman–Crippen MR) is 83.9 cm³/mol. The maximum absolute atomic E-state index is 11.7. The topological polar surface area (TPSA) is 64.3 Å². The number of aryl methyl sites for hydroxylation is 1. The van der Waals surface area contributed by atoms with E-state index in [1.807, 2.05) is 0 Å². The highest BCUT2D eigenvalue weighted by molar-refractivity contribution is 5.75. The molecule has 1 aliphatic rings. The van der Waals surface area contributed by atoms with Crippen LogP contribution in [0.5, 0.6) is 0 Å². The van der Waals surface area contributed by atoms with Gasteiger partial charge in [-0.1, -0.05) is 29.8 Å². The highest BCUT2D eigenvalue weighted by Crippen LogP contribution is 2.33. The van der Waals surface area contributed by atoms with Crippen LogP contribution in [0.3, 0.4) is 0 Å². The van der Waals surface area contributed by atoms with Crippen LogP contribution < -0.4 is 11.1 Å². The quantitative estimate of drug-likeness (QED) is 0.845. The van der Waals surface area contributed by atoms with Crippen molar-refractivity contribution in [3.05, 3.63) is 35.4 Å². The van der Waals surface area contributed by atoms with Gasteiger partial charge in [-0.25, -0.2) is 0 Å². The zero-order valence-electron chi connectivity index (χ0n) is 12.8. The fraction of sp³-hybridized carbons (Fsp3) is 0.588. The van der Waals surface area contributed by atoms with Gasteiger partial charge in [0, 0.05) is 25.5 Å². The molecule has 2 rings (SSSR count). The zero-order chi connectivity index (χ0) is 15.1. The maximum Gasteiger partial charge on any atom is 0.220 e. The van der Waals surface area contributed by atoms with E-state index in [2.05, 4.69) is 36.5 Å². The third kappa shape index (κ3) is 4.83. The number of amides is 1. The Balaban J connectivity index is 1.92. The number of nitrogens with one attached hydrogen (secondary N) is 1. The van der Waals surface area contributed by atoms with Gasteiger partial charge in [0.1, 0.15) is 0 Å². The van der Waals surface area contributed by atoms with Gasteiger partial charge in [-0.2, -0.15) is 0 Å². The van der Waals surface area contributed by atoms with E-state index in [0.717, 1.165) is 25.9 Å². The number of hydrogen-bond acceptors (Lipinski definition) is 3. The largest absolute Gasteiger partial charge is 0.373 e. The Morgan fingerprint density at radius 2 is 2.14 bits per heavy atom. The molecule has 0 aliphatic carbocycles. The molecule has 1 saturated heterocycles. The number of hydrogen-bond donors (Lipinski definition) is 2. The van der Waals surface area contributed by atoms with Crippen LogP contribution in [0.15, 0.2) is 24.3 Å². The number of carbonyl (C=O) groups excluding carboxylic acids is 1. The Kier molecular flexibility index (Phi) is 6.21. The second-order valence-electron chi connectivity index (χ2n) is 5.80. The molecule has 1 aromatic carbocycles. The third-order valence-corrected chi connectivity index (χ3v) is 4.02. The molecule has 0 aromatic heterocycles. The molecule has 0 radical (unpaired) electrons. The zero-order valence-corrected chi connectivity index (χ0v) is 12.8. The van der Waals surface area contributed by atoms with E-state index < -0.39 is 0 Å². The molecule has 2 unspecified atom stereocenters. The van der Waals surface area contributed by atoms with Crippen molar-refractivity contribution < 1.29 is 9.53 Å². The van der Waals surface area contributed by atoms with Gasteiger partial charge in [0.15, 0.2) is 0 Å². The van der Waals surface area contributed by atoms with Crippen LogP contribution in [0.1, 0.15) is 42.9 Å². The van der Waals surface area contributed by atoms with Crippen LogP contribution >= 0.6 is 0 Å². The number of carbonyl (C=O) groups is 1. The van der Waals surface area contributed by atoms with E-state index in [0.29, 0.717) is 25.4 Å². The number of ether oxygens (including phenoxy) is 1. The number of nitrogens with two attached hydrogens (primary N) is 1. The minimum absolute atomic E-state index is 0.0914. The fourth-order valence-electron chi connectivity index (χ4n) is 2.77. The van der Waals surface area contributed by atoms with Crippen molar-refractivity contribution in [3.63, 3.8) is 0 Å². The average molecular weight is 290 g/mol. The summed E-state index contributed by atoms with van der Waals surface area (Å²) >= 11 is 0. The Morgan fingerprint density at radius 3 is 2.86 bits per heavy atom. The lowest BCUT2D eigenvalue weighted by atomic mass is 9.89. The molecule has 1 aliphatic heterocycles. The summed E-state index contributed by atoms with van der Waals surface area (Å²) in [5.41, 5.74) is 7.89. The van der Waals surface area contributed by atoms with E-state index >= 15 is 0 Å². The summed E-state index contributed by atoms with van der Waals surface area (Å²) in [5, 5.41) is 3.02. The average Bonchev–Trinajstić information content (AvgIpc) is 2.52. The van der Waals surface area contributed by atoms with Crippen LogP contribution in [0.2, 0.25) is 0 Å². The van der Waals surface area contributed by atoms with Crippen molar-refractivity contribution in [1.29, 1.82) is 0 Å². The molecule has 21 heavy (non-hydrogen) atoms. The van der Waals surface area contributed by atoms with Crippen molar-refractivity contribution in [2.24, 2.45) is 11.7 Å². The van der Waals surface area contributed by atoms with Gasteiger partial charge in [-0.15, -0.1) is 0 Å². The third-order valence-electron chi connectivity index (χ3n) is 4.02. The summed E-state index contributed by atoms with van der Waals surface area (Å²) in [5.74, 6) is 0.442. The van der Waals surface area contributed by atoms with E-state index in [9.17, 15) is 4.79 Å². The molecule has 1 amide bonds. The van der Waals surface area contributed by atoms with Gasteiger partial charge in [0.05, 0.1) is 6.10 Å². The molecule has 4 nitrogen and oxygen atoms in total. The van der Waals surface area contributed by atoms with E-state index in [1.165, 1.54) is 11.1 Å². The predicted octanol–water partition coefficient (Wildman–Crippen LogP) is 2.32. The minimum Gasteiger partial charge on any atom is -0.373 e. The van der Waals surface area contributed by atoms with Crippen molar-refractivity contribution in [1.82, 2.24) is 5.32 Å². The highest BCUT2D eigenvalue weighted by Gasteiger charge is 2.27. The second-order valence-corrected chi connectivity index (χ2v) is 5.80. The van der Waals surface area contributed by atoms with Crippen molar-refractivity contribution in [3.8, 4) is 0 Å². The smallest absolute Gasteiger partial charge is 0.220 e.